The van der Waals surface area contributed by atoms with E-state index in [-0.39, 0.29) is 6.61 Å². The van der Waals surface area contributed by atoms with Gasteiger partial charge in [-0.3, -0.25) is 0 Å². The van der Waals surface area contributed by atoms with E-state index in [0.29, 0.717) is 11.5 Å². The minimum absolute atomic E-state index is 0.117. The van der Waals surface area contributed by atoms with Gasteiger partial charge in [-0.05, 0) is 30.5 Å². The molecule has 1 aliphatic rings. The summed E-state index contributed by atoms with van der Waals surface area (Å²) < 4.78 is 28.6. The van der Waals surface area contributed by atoms with Gasteiger partial charge in [-0.15, -0.1) is 0 Å². The summed E-state index contributed by atoms with van der Waals surface area (Å²) in [6.07, 6.45) is 6.18. The molecule has 2 aromatic rings. The fourth-order valence-electron chi connectivity index (χ4n) is 2.04. The van der Waals surface area contributed by atoms with E-state index in [2.05, 4.69) is 9.72 Å². The van der Waals surface area contributed by atoms with Crippen LogP contribution in [0.3, 0.4) is 0 Å². The van der Waals surface area contributed by atoms with E-state index in [1.165, 1.54) is 12.8 Å². The van der Waals surface area contributed by atoms with Crippen LogP contribution >= 0.6 is 22.6 Å². The molecule has 20 heavy (non-hydrogen) atoms. The maximum atomic E-state index is 12.7. The lowest BCUT2D eigenvalue weighted by atomic mass is 10.2. The van der Waals surface area contributed by atoms with Crippen LogP contribution in [0.5, 0.6) is 0 Å². The zero-order valence-corrected chi connectivity index (χ0v) is 12.8. The predicted molar refractivity (Wildman–Crippen MR) is 79.3 cm³/mol. The molecule has 0 spiro atoms. The first-order valence-corrected chi connectivity index (χ1v) is 7.43. The number of benzene rings is 1. The van der Waals surface area contributed by atoms with Crippen LogP contribution in [0, 0.1) is 0 Å². The molecule has 0 radical (unpaired) electrons. The minimum Gasteiger partial charge on any atom is -0.307 e. The van der Waals surface area contributed by atoms with Gasteiger partial charge in [-0.25, -0.2) is 4.98 Å². The number of alkyl halides is 3. The Morgan fingerprint density at radius 2 is 2.20 bits per heavy atom. The van der Waals surface area contributed by atoms with Crippen LogP contribution in [0.4, 0.5) is 8.78 Å². The third-order valence-electron chi connectivity index (χ3n) is 3.21. The van der Waals surface area contributed by atoms with E-state index in [1.807, 2.05) is 29.0 Å². The molecule has 0 atom stereocenters. The highest BCUT2D eigenvalue weighted by atomic mass is 127. The van der Waals surface area contributed by atoms with E-state index in [9.17, 15) is 8.78 Å². The van der Waals surface area contributed by atoms with Crippen molar-refractivity contribution in [2.45, 2.75) is 29.5 Å². The van der Waals surface area contributed by atoms with Gasteiger partial charge in [0, 0.05) is 40.4 Å². The molecule has 3 rings (SSSR count). The Morgan fingerprint density at radius 3 is 2.90 bits per heavy atom. The molecule has 1 aromatic carbocycles. The number of ether oxygens (including phenoxy) is 1. The average molecular weight is 390 g/mol. The number of imidazole rings is 1. The number of halogens is 3. The van der Waals surface area contributed by atoms with Gasteiger partial charge >= 0.3 is 4.12 Å². The van der Waals surface area contributed by atoms with Crippen LogP contribution in [0.2, 0.25) is 0 Å². The van der Waals surface area contributed by atoms with E-state index in [0.717, 1.165) is 34.0 Å². The molecule has 0 saturated heterocycles. The van der Waals surface area contributed by atoms with Crippen molar-refractivity contribution in [2.75, 3.05) is 0 Å². The zero-order valence-electron chi connectivity index (χ0n) is 10.6. The Hall–Kier alpha value is -1.02. The molecule has 0 aliphatic heterocycles. The lowest BCUT2D eigenvalue weighted by Gasteiger charge is -2.10. The molecule has 1 aromatic heterocycles. The van der Waals surface area contributed by atoms with Crippen molar-refractivity contribution in [1.29, 1.82) is 0 Å². The Morgan fingerprint density at radius 1 is 1.40 bits per heavy atom. The van der Waals surface area contributed by atoms with Gasteiger partial charge < -0.3 is 9.30 Å². The Bertz CT molecular complexity index is 605. The van der Waals surface area contributed by atoms with E-state index in [1.54, 1.807) is 12.4 Å². The van der Waals surface area contributed by atoms with Gasteiger partial charge in [0.1, 0.15) is 0 Å². The summed E-state index contributed by atoms with van der Waals surface area (Å²) in [6, 6.07) is 7.35. The molecule has 3 nitrogen and oxygen atoms in total. The first-order valence-electron chi connectivity index (χ1n) is 6.35. The van der Waals surface area contributed by atoms with Crippen molar-refractivity contribution in [2.24, 2.45) is 0 Å². The zero-order chi connectivity index (χ0) is 14.2. The Balaban J connectivity index is 1.75. The molecule has 1 saturated carbocycles. The standard InChI is InChI=1S/C14H13F2IN2O/c15-14(16,17)20-8-10-2-1-3-12(6-10)19-7-13(18-9-19)11-4-5-11/h1-3,6-7,9,11H,4-5,8H2. The van der Waals surface area contributed by atoms with E-state index >= 15 is 0 Å². The smallest absolute Gasteiger partial charge is 0.307 e. The summed E-state index contributed by atoms with van der Waals surface area (Å²) in [5.74, 6) is 0.598. The van der Waals surface area contributed by atoms with Crippen molar-refractivity contribution in [3.05, 3.63) is 48.0 Å². The third kappa shape index (κ3) is 3.54. The SMILES string of the molecule is FC(F)(I)OCc1cccc(-n2cnc(C3CC3)c2)c1. The van der Waals surface area contributed by atoms with Gasteiger partial charge in [0.15, 0.2) is 0 Å². The van der Waals surface area contributed by atoms with Crippen LogP contribution in [-0.4, -0.2) is 13.7 Å². The molecule has 0 unspecified atom stereocenters. The van der Waals surface area contributed by atoms with Crippen LogP contribution in [0.15, 0.2) is 36.8 Å². The number of hydrogen-bond acceptors (Lipinski definition) is 2. The monoisotopic (exact) mass is 390 g/mol. The van der Waals surface area contributed by atoms with Crippen molar-refractivity contribution in [3.63, 3.8) is 0 Å². The minimum atomic E-state index is -3.14. The van der Waals surface area contributed by atoms with Crippen LogP contribution in [-0.2, 0) is 11.3 Å². The van der Waals surface area contributed by atoms with Crippen molar-refractivity contribution < 1.29 is 13.5 Å². The summed E-state index contributed by atoms with van der Waals surface area (Å²) in [5, 5.41) is 0. The second-order valence-corrected chi connectivity index (χ2v) is 6.14. The fraction of sp³-hybridized carbons (Fsp3) is 0.357. The molecule has 106 valence electrons. The molecular formula is C14H13F2IN2O. The largest absolute Gasteiger partial charge is 0.408 e. The number of rotatable bonds is 5. The third-order valence-corrected chi connectivity index (χ3v) is 3.52. The highest BCUT2D eigenvalue weighted by molar-refractivity contribution is 14.1. The second-order valence-electron chi connectivity index (χ2n) is 4.88. The molecule has 0 N–H and O–H groups in total. The molecule has 1 heterocycles. The molecule has 1 fully saturated rings. The van der Waals surface area contributed by atoms with Crippen LogP contribution in [0.25, 0.3) is 5.69 Å². The van der Waals surface area contributed by atoms with Gasteiger partial charge in [0.05, 0.1) is 18.6 Å². The quantitative estimate of drug-likeness (QED) is 0.564. The predicted octanol–water partition coefficient (Wildman–Crippen LogP) is 4.25. The van der Waals surface area contributed by atoms with Crippen molar-refractivity contribution in [1.82, 2.24) is 9.55 Å². The number of hydrogen-bond donors (Lipinski definition) is 0. The van der Waals surface area contributed by atoms with Gasteiger partial charge in [-0.1, -0.05) is 12.1 Å². The molecule has 6 heteroatoms. The molecule has 0 bridgehead atoms. The lowest BCUT2D eigenvalue weighted by Crippen LogP contribution is -2.10. The molecule has 1 aliphatic carbocycles. The van der Waals surface area contributed by atoms with E-state index in [4.69, 9.17) is 0 Å². The second kappa shape index (κ2) is 5.40. The van der Waals surface area contributed by atoms with Gasteiger partial charge in [0.2, 0.25) is 0 Å². The van der Waals surface area contributed by atoms with Crippen molar-refractivity contribution >= 4 is 22.6 Å². The van der Waals surface area contributed by atoms with Crippen molar-refractivity contribution in [3.8, 4) is 5.69 Å². The van der Waals surface area contributed by atoms with Gasteiger partial charge in [0.25, 0.3) is 0 Å². The maximum Gasteiger partial charge on any atom is 0.408 e. The topological polar surface area (TPSA) is 27.1 Å². The molecular weight excluding hydrogens is 377 g/mol. The fourth-order valence-corrected chi connectivity index (χ4v) is 2.20. The van der Waals surface area contributed by atoms with Gasteiger partial charge in [-0.2, -0.15) is 8.78 Å². The first-order chi connectivity index (χ1) is 9.51. The first kappa shape index (κ1) is 13.9. The molecule has 0 amide bonds. The number of aromatic nitrogens is 2. The lowest BCUT2D eigenvalue weighted by molar-refractivity contribution is -0.154. The average Bonchev–Trinajstić information content (AvgIpc) is 3.14. The normalized spacial score (nSPS) is 15.6. The summed E-state index contributed by atoms with van der Waals surface area (Å²) >= 11 is 0.970. The summed E-state index contributed by atoms with van der Waals surface area (Å²) in [7, 11) is 0. The summed E-state index contributed by atoms with van der Waals surface area (Å²) in [4.78, 5) is 4.38. The summed E-state index contributed by atoms with van der Waals surface area (Å²) in [5.41, 5.74) is 2.72. The van der Waals surface area contributed by atoms with Crippen LogP contribution in [0.1, 0.15) is 30.0 Å². The maximum absolute atomic E-state index is 12.7. The summed E-state index contributed by atoms with van der Waals surface area (Å²) in [6.45, 7) is -0.117. The van der Waals surface area contributed by atoms with E-state index < -0.39 is 4.12 Å². The van der Waals surface area contributed by atoms with Crippen LogP contribution < -0.4 is 0 Å². The highest BCUT2D eigenvalue weighted by Crippen LogP contribution is 2.39. The Labute approximate surface area is 129 Å². The number of nitrogens with zero attached hydrogens (tertiary/aromatic N) is 2. The Kier molecular flexibility index (Phi) is 3.76. The highest BCUT2D eigenvalue weighted by Gasteiger charge is 2.26.